The average Bonchev–Trinajstić information content (AvgIpc) is 2.95. The largest absolute Gasteiger partial charge is 0.396 e. The third-order valence-corrected chi connectivity index (χ3v) is 3.76. The van der Waals surface area contributed by atoms with E-state index in [1.807, 2.05) is 0 Å². The molecule has 0 amide bonds. The third-order valence-electron chi connectivity index (χ3n) is 3.76. The molecular formula is C12H16N4O3. The van der Waals surface area contributed by atoms with Crippen molar-refractivity contribution in [1.82, 2.24) is 14.9 Å². The maximum absolute atomic E-state index is 11.5. The summed E-state index contributed by atoms with van der Waals surface area (Å²) in [5, 5.41) is 18.9. The first-order chi connectivity index (χ1) is 9.19. The van der Waals surface area contributed by atoms with E-state index in [0.717, 1.165) is 0 Å². The van der Waals surface area contributed by atoms with Gasteiger partial charge in [0.05, 0.1) is 24.0 Å². The van der Waals surface area contributed by atoms with Crippen LogP contribution in [0.15, 0.2) is 16.1 Å². The van der Waals surface area contributed by atoms with E-state index in [0.29, 0.717) is 31.0 Å². The molecule has 0 bridgehead atoms. The molecule has 3 rings (SSSR count). The van der Waals surface area contributed by atoms with E-state index in [4.69, 9.17) is 5.11 Å². The number of fused-ring (bicyclic) bond motifs is 1. The number of aromatic amines is 1. The molecule has 19 heavy (non-hydrogen) atoms. The van der Waals surface area contributed by atoms with Gasteiger partial charge in [-0.3, -0.25) is 14.7 Å². The van der Waals surface area contributed by atoms with Gasteiger partial charge in [0, 0.05) is 38.4 Å². The van der Waals surface area contributed by atoms with Crippen LogP contribution in [-0.2, 0) is 0 Å². The van der Waals surface area contributed by atoms with E-state index in [1.54, 1.807) is 6.21 Å². The van der Waals surface area contributed by atoms with Gasteiger partial charge in [0.25, 0.3) is 5.56 Å². The fourth-order valence-electron chi connectivity index (χ4n) is 2.72. The van der Waals surface area contributed by atoms with Crippen LogP contribution in [0.3, 0.4) is 0 Å². The Balaban J connectivity index is 1.73. The molecule has 0 radical (unpaired) electrons. The predicted molar refractivity (Wildman–Crippen MR) is 68.8 cm³/mol. The highest BCUT2D eigenvalue weighted by Crippen LogP contribution is 2.28. The Morgan fingerprint density at radius 2 is 2.32 bits per heavy atom. The van der Waals surface area contributed by atoms with Gasteiger partial charge in [-0.25, -0.2) is 4.98 Å². The molecule has 0 aromatic carbocycles. The molecule has 0 aliphatic carbocycles. The minimum atomic E-state index is -0.491. The number of aromatic nitrogens is 2. The van der Waals surface area contributed by atoms with Crippen molar-refractivity contribution in [3.05, 3.63) is 22.4 Å². The van der Waals surface area contributed by atoms with Gasteiger partial charge in [0.1, 0.15) is 5.69 Å². The second-order valence-electron chi connectivity index (χ2n) is 5.08. The Morgan fingerprint density at radius 3 is 3.05 bits per heavy atom. The number of aliphatic imine (C=N–C) groups is 1. The number of nitrogens with zero attached hydrogens (tertiary/aromatic N) is 3. The molecular weight excluding hydrogens is 248 g/mol. The smallest absolute Gasteiger partial charge is 0.276 e. The van der Waals surface area contributed by atoms with E-state index in [-0.39, 0.29) is 24.0 Å². The Hall–Kier alpha value is -1.57. The van der Waals surface area contributed by atoms with E-state index >= 15 is 0 Å². The summed E-state index contributed by atoms with van der Waals surface area (Å²) < 4.78 is 0. The van der Waals surface area contributed by atoms with Crippen LogP contribution in [0.2, 0.25) is 0 Å². The highest BCUT2D eigenvalue weighted by molar-refractivity contribution is 5.79. The summed E-state index contributed by atoms with van der Waals surface area (Å²) in [4.78, 5) is 24.4. The molecule has 0 saturated carbocycles. The summed E-state index contributed by atoms with van der Waals surface area (Å²) >= 11 is 0. The first-order valence-electron chi connectivity index (χ1n) is 6.32. The van der Waals surface area contributed by atoms with Gasteiger partial charge in [0.2, 0.25) is 0 Å². The summed E-state index contributed by atoms with van der Waals surface area (Å²) in [6.07, 6.45) is 2.62. The third kappa shape index (κ3) is 2.20. The van der Waals surface area contributed by atoms with E-state index in [9.17, 15) is 9.90 Å². The monoisotopic (exact) mass is 264 g/mol. The van der Waals surface area contributed by atoms with Crippen LogP contribution in [0.4, 0.5) is 5.69 Å². The minimum Gasteiger partial charge on any atom is -0.396 e. The molecule has 3 heterocycles. The molecule has 1 saturated heterocycles. The fourth-order valence-corrected chi connectivity index (χ4v) is 2.72. The van der Waals surface area contributed by atoms with Crippen LogP contribution in [0, 0.1) is 5.92 Å². The molecule has 1 aromatic rings. The molecule has 7 nitrogen and oxygen atoms in total. The number of aliphatic hydroxyl groups excluding tert-OH is 2. The predicted octanol–water partition coefficient (Wildman–Crippen LogP) is -1.15. The summed E-state index contributed by atoms with van der Waals surface area (Å²) in [5.41, 5.74) is 0.843. The van der Waals surface area contributed by atoms with Gasteiger partial charge in [-0.2, -0.15) is 0 Å². The van der Waals surface area contributed by atoms with Crippen LogP contribution >= 0.6 is 0 Å². The van der Waals surface area contributed by atoms with E-state index in [1.165, 1.54) is 6.33 Å². The van der Waals surface area contributed by atoms with E-state index < -0.39 is 6.10 Å². The zero-order valence-corrected chi connectivity index (χ0v) is 10.4. The van der Waals surface area contributed by atoms with Crippen LogP contribution < -0.4 is 5.56 Å². The summed E-state index contributed by atoms with van der Waals surface area (Å²) in [6, 6.07) is 0. The maximum atomic E-state index is 11.5. The zero-order valence-electron chi connectivity index (χ0n) is 10.4. The molecule has 1 unspecified atom stereocenters. The number of rotatable bonds is 3. The summed E-state index contributed by atoms with van der Waals surface area (Å²) in [6.45, 7) is 1.83. The second-order valence-corrected chi connectivity index (χ2v) is 5.08. The van der Waals surface area contributed by atoms with Gasteiger partial charge < -0.3 is 15.2 Å². The first kappa shape index (κ1) is 12.5. The molecule has 2 aliphatic rings. The van der Waals surface area contributed by atoms with Crippen molar-refractivity contribution in [3.63, 3.8) is 0 Å². The molecule has 102 valence electrons. The maximum Gasteiger partial charge on any atom is 0.276 e. The van der Waals surface area contributed by atoms with Crippen molar-refractivity contribution in [2.24, 2.45) is 10.9 Å². The molecule has 0 spiro atoms. The normalized spacial score (nSPS) is 29.9. The van der Waals surface area contributed by atoms with Crippen molar-refractivity contribution < 1.29 is 10.2 Å². The lowest BCUT2D eigenvalue weighted by Crippen LogP contribution is -2.28. The molecule has 1 fully saturated rings. The van der Waals surface area contributed by atoms with Crippen molar-refractivity contribution >= 4 is 11.9 Å². The number of likely N-dealkylation sites (tertiary alicyclic amines) is 1. The van der Waals surface area contributed by atoms with Crippen LogP contribution in [0.1, 0.15) is 11.6 Å². The highest BCUT2D eigenvalue weighted by Gasteiger charge is 2.33. The zero-order chi connectivity index (χ0) is 13.4. The Morgan fingerprint density at radius 1 is 1.47 bits per heavy atom. The standard InChI is InChI=1S/C12H16N4O3/c17-5-8-3-16(4-9(8)18)2-7-1-13-11-10(7)14-6-15-12(11)19/h1,6-9,17-18H,2-5H2,(H,14,15,19)/t7?,8-,9+/m1/s1. The molecule has 3 atom stereocenters. The van der Waals surface area contributed by atoms with Gasteiger partial charge in [-0.15, -0.1) is 0 Å². The summed E-state index contributed by atoms with van der Waals surface area (Å²) in [7, 11) is 0. The number of hydrogen-bond acceptors (Lipinski definition) is 6. The van der Waals surface area contributed by atoms with Gasteiger partial charge in [-0.05, 0) is 0 Å². The van der Waals surface area contributed by atoms with Gasteiger partial charge in [0.15, 0.2) is 0 Å². The number of hydrogen-bond donors (Lipinski definition) is 3. The lowest BCUT2D eigenvalue weighted by molar-refractivity contribution is 0.103. The quantitative estimate of drug-likeness (QED) is 0.640. The first-order valence-corrected chi connectivity index (χ1v) is 6.32. The van der Waals surface area contributed by atoms with Gasteiger partial charge >= 0.3 is 0 Å². The minimum absolute atomic E-state index is 0.00900. The number of H-pyrrole nitrogens is 1. The Bertz CT molecular complexity index is 556. The highest BCUT2D eigenvalue weighted by atomic mass is 16.3. The number of nitrogens with one attached hydrogen (secondary N) is 1. The van der Waals surface area contributed by atoms with Crippen molar-refractivity contribution in [2.75, 3.05) is 26.2 Å². The Labute approximate surface area is 109 Å². The topological polar surface area (TPSA) is 102 Å². The van der Waals surface area contributed by atoms with Gasteiger partial charge in [-0.1, -0.05) is 0 Å². The SMILES string of the molecule is O=c1[nH]cnc2c1N=CC2CN1C[C@H](CO)[C@@H](O)C1. The molecule has 3 N–H and O–H groups in total. The van der Waals surface area contributed by atoms with Crippen molar-refractivity contribution in [2.45, 2.75) is 12.0 Å². The lowest BCUT2D eigenvalue weighted by Gasteiger charge is -2.18. The van der Waals surface area contributed by atoms with Crippen LogP contribution in [0.25, 0.3) is 0 Å². The number of β-amino-alcohol motifs (C(OH)–C–C–N with tert-alkyl or cyclic N) is 1. The van der Waals surface area contributed by atoms with Crippen molar-refractivity contribution in [1.29, 1.82) is 0 Å². The molecule has 2 aliphatic heterocycles. The van der Waals surface area contributed by atoms with Crippen molar-refractivity contribution in [3.8, 4) is 0 Å². The summed E-state index contributed by atoms with van der Waals surface area (Å²) in [5.74, 6) is -0.119. The van der Waals surface area contributed by atoms with Crippen LogP contribution in [0.5, 0.6) is 0 Å². The molecule has 1 aromatic heterocycles. The van der Waals surface area contributed by atoms with Crippen LogP contribution in [-0.4, -0.2) is 63.6 Å². The van der Waals surface area contributed by atoms with E-state index in [2.05, 4.69) is 19.9 Å². The number of aliphatic hydroxyl groups is 2. The molecule has 7 heteroatoms. The Kier molecular flexibility index (Phi) is 3.17. The second kappa shape index (κ2) is 4.84. The lowest BCUT2D eigenvalue weighted by atomic mass is 10.1. The average molecular weight is 264 g/mol. The fraction of sp³-hybridized carbons (Fsp3) is 0.583.